The number of carbonyl (C=O) groups excluding carboxylic acids is 2. The Balaban J connectivity index is 1.91. The highest BCUT2D eigenvalue weighted by molar-refractivity contribution is 5.75. The van der Waals surface area contributed by atoms with Gasteiger partial charge in [0, 0.05) is 13.3 Å². The van der Waals surface area contributed by atoms with Gasteiger partial charge in [0.25, 0.3) is 0 Å². The molecule has 7 nitrogen and oxygen atoms in total. The normalized spacial score (nSPS) is 14.2. The maximum absolute atomic E-state index is 11.5. The van der Waals surface area contributed by atoms with Crippen molar-refractivity contribution >= 4 is 11.8 Å². The van der Waals surface area contributed by atoms with Crippen LogP contribution in [0.25, 0.3) is 5.69 Å². The Morgan fingerprint density at radius 1 is 1.33 bits per heavy atom. The second kappa shape index (κ2) is 6.82. The number of benzene rings is 1. The van der Waals surface area contributed by atoms with Crippen LogP contribution in [0, 0.1) is 0 Å². The Morgan fingerprint density at radius 2 is 2.12 bits per heavy atom. The third kappa shape index (κ3) is 3.45. The van der Waals surface area contributed by atoms with Crippen molar-refractivity contribution in [2.45, 2.75) is 45.1 Å². The van der Waals surface area contributed by atoms with Crippen LogP contribution < -0.4 is 11.1 Å². The van der Waals surface area contributed by atoms with Gasteiger partial charge >= 0.3 is 0 Å². The van der Waals surface area contributed by atoms with E-state index in [1.165, 1.54) is 30.8 Å². The van der Waals surface area contributed by atoms with Crippen molar-refractivity contribution in [3.05, 3.63) is 41.5 Å². The highest BCUT2D eigenvalue weighted by Crippen LogP contribution is 2.26. The minimum atomic E-state index is -0.411. The number of nitrogens with two attached hydrogens (primary N) is 1. The molecule has 3 rings (SSSR count). The molecule has 1 aromatic heterocycles. The Hall–Kier alpha value is -2.70. The quantitative estimate of drug-likeness (QED) is 0.832. The maximum Gasteiger partial charge on any atom is 0.217 e. The standard InChI is InChI=1S/C17H21N5O2/c1-11(23)21-15(7-8-16(18)24)17-19-10-20-22(17)14-6-5-12-3-2-4-13(12)9-14/h5-6,9-10,15H,2-4,7-8H2,1H3,(H2,18,24)(H,21,23)/t15-/m0/s1. The Labute approximate surface area is 140 Å². The number of nitrogens with zero attached hydrogens (tertiary/aromatic N) is 3. The molecule has 1 aliphatic carbocycles. The molecule has 0 bridgehead atoms. The first-order valence-corrected chi connectivity index (χ1v) is 8.12. The Bertz CT molecular complexity index is 768. The first-order valence-electron chi connectivity index (χ1n) is 8.12. The number of aryl methyl sites for hydroxylation is 2. The highest BCUT2D eigenvalue weighted by Gasteiger charge is 2.21. The lowest BCUT2D eigenvalue weighted by Gasteiger charge is -2.18. The van der Waals surface area contributed by atoms with Crippen molar-refractivity contribution in [2.75, 3.05) is 0 Å². The second-order valence-corrected chi connectivity index (χ2v) is 6.09. The zero-order valence-corrected chi connectivity index (χ0v) is 13.7. The van der Waals surface area contributed by atoms with Gasteiger partial charge in [-0.3, -0.25) is 9.59 Å². The molecule has 0 saturated heterocycles. The first-order chi connectivity index (χ1) is 11.5. The van der Waals surface area contributed by atoms with Crippen molar-refractivity contribution in [1.29, 1.82) is 0 Å². The molecule has 1 aromatic carbocycles. The van der Waals surface area contributed by atoms with Gasteiger partial charge in [0.15, 0.2) is 5.82 Å². The number of rotatable bonds is 6. The third-order valence-corrected chi connectivity index (χ3v) is 4.27. The van der Waals surface area contributed by atoms with Crippen LogP contribution in [0.1, 0.15) is 49.2 Å². The maximum atomic E-state index is 11.5. The van der Waals surface area contributed by atoms with E-state index in [-0.39, 0.29) is 12.3 Å². The number of amides is 2. The summed E-state index contributed by atoms with van der Waals surface area (Å²) in [5.41, 5.74) is 8.87. The van der Waals surface area contributed by atoms with Crippen LogP contribution in [0.15, 0.2) is 24.5 Å². The van der Waals surface area contributed by atoms with E-state index in [1.54, 1.807) is 4.68 Å². The summed E-state index contributed by atoms with van der Waals surface area (Å²) in [5, 5.41) is 7.14. The fourth-order valence-electron chi connectivity index (χ4n) is 3.17. The number of carbonyl (C=O) groups is 2. The van der Waals surface area contributed by atoms with E-state index >= 15 is 0 Å². The summed E-state index contributed by atoms with van der Waals surface area (Å²) in [6.45, 7) is 1.44. The second-order valence-electron chi connectivity index (χ2n) is 6.09. The van der Waals surface area contributed by atoms with E-state index in [1.807, 2.05) is 6.07 Å². The summed E-state index contributed by atoms with van der Waals surface area (Å²) in [5.74, 6) is 0.00585. The van der Waals surface area contributed by atoms with Crippen molar-refractivity contribution in [3.63, 3.8) is 0 Å². The summed E-state index contributed by atoms with van der Waals surface area (Å²) in [6, 6.07) is 5.85. The lowest BCUT2D eigenvalue weighted by Crippen LogP contribution is -2.29. The molecule has 2 amide bonds. The van der Waals surface area contributed by atoms with E-state index in [4.69, 9.17) is 5.73 Å². The number of aromatic nitrogens is 3. The van der Waals surface area contributed by atoms with Crippen LogP contribution in [-0.2, 0) is 22.4 Å². The summed E-state index contributed by atoms with van der Waals surface area (Å²) < 4.78 is 1.72. The zero-order chi connectivity index (χ0) is 17.1. The molecule has 126 valence electrons. The molecule has 7 heteroatoms. The van der Waals surface area contributed by atoms with Gasteiger partial charge in [-0.2, -0.15) is 5.10 Å². The zero-order valence-electron chi connectivity index (χ0n) is 13.7. The lowest BCUT2D eigenvalue weighted by molar-refractivity contribution is -0.121. The van der Waals surface area contributed by atoms with Gasteiger partial charge in [0.05, 0.1) is 11.7 Å². The van der Waals surface area contributed by atoms with Gasteiger partial charge in [-0.05, 0) is 48.9 Å². The van der Waals surface area contributed by atoms with Gasteiger partial charge in [-0.25, -0.2) is 9.67 Å². The predicted octanol–water partition coefficient (Wildman–Crippen LogP) is 1.20. The summed E-state index contributed by atoms with van der Waals surface area (Å²) >= 11 is 0. The van der Waals surface area contributed by atoms with Crippen LogP contribution in [0.2, 0.25) is 0 Å². The van der Waals surface area contributed by atoms with E-state index in [0.29, 0.717) is 12.2 Å². The molecule has 1 aliphatic rings. The first kappa shape index (κ1) is 16.2. The third-order valence-electron chi connectivity index (χ3n) is 4.27. The highest BCUT2D eigenvalue weighted by atomic mass is 16.1. The molecule has 0 saturated carbocycles. The minimum Gasteiger partial charge on any atom is -0.370 e. The number of hydrogen-bond donors (Lipinski definition) is 2. The monoisotopic (exact) mass is 327 g/mol. The van der Waals surface area contributed by atoms with E-state index in [2.05, 4.69) is 27.5 Å². The van der Waals surface area contributed by atoms with Crippen LogP contribution in [0.5, 0.6) is 0 Å². The molecule has 1 atom stereocenters. The number of nitrogens with one attached hydrogen (secondary N) is 1. The fraction of sp³-hybridized carbons (Fsp3) is 0.412. The number of hydrogen-bond acceptors (Lipinski definition) is 4. The average Bonchev–Trinajstić information content (AvgIpc) is 3.18. The van der Waals surface area contributed by atoms with Crippen LogP contribution in [0.4, 0.5) is 0 Å². The van der Waals surface area contributed by atoms with Crippen LogP contribution in [0.3, 0.4) is 0 Å². The predicted molar refractivity (Wildman–Crippen MR) is 88.4 cm³/mol. The molecule has 3 N–H and O–H groups in total. The van der Waals surface area contributed by atoms with Gasteiger partial charge in [0.2, 0.25) is 11.8 Å². The van der Waals surface area contributed by atoms with Gasteiger partial charge in [0.1, 0.15) is 6.33 Å². The molecule has 1 heterocycles. The fourth-order valence-corrected chi connectivity index (χ4v) is 3.17. The molecule has 0 fully saturated rings. The molecule has 0 radical (unpaired) electrons. The van der Waals surface area contributed by atoms with Crippen LogP contribution >= 0.6 is 0 Å². The SMILES string of the molecule is CC(=O)N[C@@H](CCC(N)=O)c1ncnn1-c1ccc2c(c1)CCC2. The Kier molecular flexibility index (Phi) is 4.59. The van der Waals surface area contributed by atoms with Crippen LogP contribution in [-0.4, -0.2) is 26.6 Å². The molecular weight excluding hydrogens is 306 g/mol. The molecular formula is C17H21N5O2. The van der Waals surface area contributed by atoms with E-state index in [9.17, 15) is 9.59 Å². The molecule has 24 heavy (non-hydrogen) atoms. The van der Waals surface area contributed by atoms with Gasteiger partial charge < -0.3 is 11.1 Å². The Morgan fingerprint density at radius 3 is 2.88 bits per heavy atom. The molecule has 0 aliphatic heterocycles. The topological polar surface area (TPSA) is 103 Å². The van der Waals surface area contributed by atoms with Crippen molar-refractivity contribution < 1.29 is 9.59 Å². The minimum absolute atomic E-state index is 0.169. The lowest BCUT2D eigenvalue weighted by atomic mass is 10.1. The summed E-state index contributed by atoms with van der Waals surface area (Å²) in [6.07, 6.45) is 5.38. The van der Waals surface area contributed by atoms with Gasteiger partial charge in [-0.15, -0.1) is 0 Å². The van der Waals surface area contributed by atoms with E-state index < -0.39 is 11.9 Å². The average molecular weight is 327 g/mol. The smallest absolute Gasteiger partial charge is 0.217 e. The summed E-state index contributed by atoms with van der Waals surface area (Å²) in [7, 11) is 0. The van der Waals surface area contributed by atoms with Crippen molar-refractivity contribution in [3.8, 4) is 5.69 Å². The summed E-state index contributed by atoms with van der Waals surface area (Å²) in [4.78, 5) is 26.9. The van der Waals surface area contributed by atoms with Crippen molar-refractivity contribution in [2.24, 2.45) is 5.73 Å². The number of primary amides is 1. The molecule has 0 spiro atoms. The molecule has 2 aromatic rings. The number of fused-ring (bicyclic) bond motifs is 1. The van der Waals surface area contributed by atoms with Crippen molar-refractivity contribution in [1.82, 2.24) is 20.1 Å². The molecule has 0 unspecified atom stereocenters. The van der Waals surface area contributed by atoms with E-state index in [0.717, 1.165) is 18.5 Å². The largest absolute Gasteiger partial charge is 0.370 e. The van der Waals surface area contributed by atoms with Gasteiger partial charge in [-0.1, -0.05) is 6.07 Å².